The molecule has 4 heteroatoms. The van der Waals surface area contributed by atoms with Crippen molar-refractivity contribution in [2.24, 2.45) is 11.1 Å². The Balaban J connectivity index is 1.89. The van der Waals surface area contributed by atoms with Gasteiger partial charge in [0.2, 0.25) is 0 Å². The first-order valence-electron chi connectivity index (χ1n) is 6.04. The molecule has 0 radical (unpaired) electrons. The van der Waals surface area contributed by atoms with E-state index in [9.17, 15) is 0 Å². The van der Waals surface area contributed by atoms with E-state index >= 15 is 0 Å². The summed E-state index contributed by atoms with van der Waals surface area (Å²) in [6.07, 6.45) is 7.62. The SMILES string of the molecule is c1onc2c1CCCC21CCC2CON=C21. The van der Waals surface area contributed by atoms with Crippen molar-refractivity contribution in [1.29, 1.82) is 0 Å². The van der Waals surface area contributed by atoms with E-state index in [-0.39, 0.29) is 5.41 Å². The third-order valence-corrected chi connectivity index (χ3v) is 4.38. The number of aromatic nitrogens is 1. The van der Waals surface area contributed by atoms with Gasteiger partial charge in [-0.2, -0.15) is 0 Å². The summed E-state index contributed by atoms with van der Waals surface area (Å²) in [6.45, 7) is 0.768. The van der Waals surface area contributed by atoms with Crippen LogP contribution in [-0.4, -0.2) is 17.5 Å². The number of oxime groups is 1. The predicted octanol–water partition coefficient (Wildman–Crippen LogP) is 2.04. The van der Waals surface area contributed by atoms with Crippen LogP contribution < -0.4 is 0 Å². The summed E-state index contributed by atoms with van der Waals surface area (Å²) in [7, 11) is 0. The van der Waals surface area contributed by atoms with Gasteiger partial charge in [0, 0.05) is 11.5 Å². The minimum Gasteiger partial charge on any atom is -0.395 e. The van der Waals surface area contributed by atoms with Crippen molar-refractivity contribution in [3.63, 3.8) is 0 Å². The highest BCUT2D eigenvalue weighted by Gasteiger charge is 2.53. The molecule has 2 unspecified atom stereocenters. The zero-order chi connectivity index (χ0) is 10.6. The van der Waals surface area contributed by atoms with Crippen LogP contribution in [0.4, 0.5) is 0 Å². The highest BCUT2D eigenvalue weighted by atomic mass is 16.6. The zero-order valence-electron chi connectivity index (χ0n) is 9.11. The first-order chi connectivity index (χ1) is 7.90. The van der Waals surface area contributed by atoms with Gasteiger partial charge in [-0.3, -0.25) is 0 Å². The van der Waals surface area contributed by atoms with E-state index in [1.165, 1.54) is 30.5 Å². The van der Waals surface area contributed by atoms with Crippen LogP contribution in [0.25, 0.3) is 0 Å². The highest BCUT2D eigenvalue weighted by molar-refractivity contribution is 5.99. The fraction of sp³-hybridized carbons (Fsp3) is 0.667. The summed E-state index contributed by atoms with van der Waals surface area (Å²) in [5, 5.41) is 8.53. The fourth-order valence-electron chi connectivity index (χ4n) is 3.62. The number of hydrogen-bond donors (Lipinski definition) is 0. The van der Waals surface area contributed by atoms with Gasteiger partial charge in [0.1, 0.15) is 12.9 Å². The first kappa shape index (κ1) is 8.79. The van der Waals surface area contributed by atoms with Crippen LogP contribution in [0.3, 0.4) is 0 Å². The van der Waals surface area contributed by atoms with Gasteiger partial charge in [-0.1, -0.05) is 10.3 Å². The van der Waals surface area contributed by atoms with Crippen LogP contribution in [0.5, 0.6) is 0 Å². The number of aryl methyl sites for hydroxylation is 1. The second-order valence-corrected chi connectivity index (χ2v) is 5.13. The van der Waals surface area contributed by atoms with Crippen LogP contribution in [0.1, 0.15) is 36.9 Å². The molecular formula is C12H14N2O2. The van der Waals surface area contributed by atoms with E-state index in [2.05, 4.69) is 10.3 Å². The average Bonchev–Trinajstić information content (AvgIpc) is 2.97. The van der Waals surface area contributed by atoms with E-state index in [0.29, 0.717) is 5.92 Å². The summed E-state index contributed by atoms with van der Waals surface area (Å²) >= 11 is 0. The molecule has 3 aliphatic rings. The Morgan fingerprint density at radius 1 is 1.38 bits per heavy atom. The molecule has 1 aromatic rings. The monoisotopic (exact) mass is 218 g/mol. The Morgan fingerprint density at radius 2 is 2.38 bits per heavy atom. The minimum absolute atomic E-state index is 0.0573. The van der Waals surface area contributed by atoms with Gasteiger partial charge in [-0.05, 0) is 32.1 Å². The second kappa shape index (κ2) is 2.87. The molecular weight excluding hydrogens is 204 g/mol. The molecule has 16 heavy (non-hydrogen) atoms. The van der Waals surface area contributed by atoms with Crippen molar-refractivity contribution >= 4 is 5.71 Å². The molecule has 2 atom stereocenters. The Hall–Kier alpha value is -1.32. The topological polar surface area (TPSA) is 47.6 Å². The van der Waals surface area contributed by atoms with Crippen LogP contribution in [0, 0.1) is 5.92 Å². The molecule has 0 saturated heterocycles. The molecule has 84 valence electrons. The molecule has 2 heterocycles. The van der Waals surface area contributed by atoms with Crippen LogP contribution in [0.2, 0.25) is 0 Å². The largest absolute Gasteiger partial charge is 0.395 e. The lowest BCUT2D eigenvalue weighted by atomic mass is 9.71. The summed E-state index contributed by atoms with van der Waals surface area (Å²) < 4.78 is 5.16. The molecule has 1 saturated carbocycles. The van der Waals surface area contributed by atoms with Crippen molar-refractivity contribution in [2.75, 3.05) is 6.61 Å². The third-order valence-electron chi connectivity index (χ3n) is 4.38. The smallest absolute Gasteiger partial charge is 0.127 e. The number of fused-ring (bicyclic) bond motifs is 4. The molecule has 0 N–H and O–H groups in total. The van der Waals surface area contributed by atoms with Gasteiger partial charge in [-0.15, -0.1) is 0 Å². The maximum Gasteiger partial charge on any atom is 0.127 e. The molecule has 2 aliphatic carbocycles. The van der Waals surface area contributed by atoms with Crippen molar-refractivity contribution in [3.8, 4) is 0 Å². The number of rotatable bonds is 0. The Morgan fingerprint density at radius 3 is 3.38 bits per heavy atom. The van der Waals surface area contributed by atoms with Crippen molar-refractivity contribution < 1.29 is 9.36 Å². The highest BCUT2D eigenvalue weighted by Crippen LogP contribution is 2.50. The van der Waals surface area contributed by atoms with Crippen LogP contribution in [-0.2, 0) is 16.7 Å². The number of hydrogen-bond acceptors (Lipinski definition) is 4. The quantitative estimate of drug-likeness (QED) is 0.669. The van der Waals surface area contributed by atoms with E-state index in [4.69, 9.17) is 9.36 Å². The molecule has 1 aliphatic heterocycles. The molecule has 0 amide bonds. The van der Waals surface area contributed by atoms with Gasteiger partial charge in [0.15, 0.2) is 0 Å². The van der Waals surface area contributed by atoms with Crippen LogP contribution in [0.15, 0.2) is 15.9 Å². The van der Waals surface area contributed by atoms with Gasteiger partial charge in [0.25, 0.3) is 0 Å². The Bertz CT molecular complexity index is 465. The lowest BCUT2D eigenvalue weighted by molar-refractivity contribution is 0.149. The standard InChI is InChI=1S/C12H14N2O2/c1-2-8-6-15-13-10(8)12(4-1)5-3-9-7-16-14-11(9)12/h6,9H,1-5,7H2. The van der Waals surface area contributed by atoms with Crippen molar-refractivity contribution in [3.05, 3.63) is 17.5 Å². The average molecular weight is 218 g/mol. The van der Waals surface area contributed by atoms with E-state index in [1.807, 2.05) is 0 Å². The van der Waals surface area contributed by atoms with Gasteiger partial charge >= 0.3 is 0 Å². The molecule has 1 aromatic heterocycles. The molecule has 4 nitrogen and oxygen atoms in total. The van der Waals surface area contributed by atoms with E-state index < -0.39 is 0 Å². The second-order valence-electron chi connectivity index (χ2n) is 5.13. The Kier molecular flexibility index (Phi) is 1.58. The lowest BCUT2D eigenvalue weighted by Gasteiger charge is -2.31. The normalized spacial score (nSPS) is 35.8. The summed E-state index contributed by atoms with van der Waals surface area (Å²) in [5.74, 6) is 0.530. The molecule has 4 rings (SSSR count). The molecule has 0 bridgehead atoms. The van der Waals surface area contributed by atoms with Crippen molar-refractivity contribution in [1.82, 2.24) is 5.16 Å². The van der Waals surface area contributed by atoms with Gasteiger partial charge < -0.3 is 9.36 Å². The van der Waals surface area contributed by atoms with Crippen LogP contribution >= 0.6 is 0 Å². The molecule has 0 aromatic carbocycles. The lowest BCUT2D eigenvalue weighted by Crippen LogP contribution is -2.36. The van der Waals surface area contributed by atoms with Crippen molar-refractivity contribution in [2.45, 2.75) is 37.5 Å². The molecule has 1 fully saturated rings. The molecule has 1 spiro atoms. The zero-order valence-corrected chi connectivity index (χ0v) is 9.11. The first-order valence-corrected chi connectivity index (χ1v) is 6.04. The van der Waals surface area contributed by atoms with Gasteiger partial charge in [0.05, 0.1) is 16.8 Å². The summed E-state index contributed by atoms with van der Waals surface area (Å²) in [5.41, 5.74) is 3.72. The maximum atomic E-state index is 5.26. The maximum absolute atomic E-state index is 5.26. The van der Waals surface area contributed by atoms with Gasteiger partial charge in [-0.25, -0.2) is 0 Å². The number of nitrogens with zero attached hydrogens (tertiary/aromatic N) is 2. The fourth-order valence-corrected chi connectivity index (χ4v) is 3.62. The summed E-state index contributed by atoms with van der Waals surface area (Å²) in [6, 6.07) is 0. The van der Waals surface area contributed by atoms with E-state index in [1.54, 1.807) is 6.26 Å². The Labute approximate surface area is 93.6 Å². The minimum atomic E-state index is 0.0573. The summed E-state index contributed by atoms with van der Waals surface area (Å²) in [4.78, 5) is 5.26. The predicted molar refractivity (Wildman–Crippen MR) is 57.2 cm³/mol. The van der Waals surface area contributed by atoms with E-state index in [0.717, 1.165) is 25.1 Å². The third kappa shape index (κ3) is 0.907.